The molecule has 1 heterocycles. The molecule has 0 bridgehead atoms. The van der Waals surface area contributed by atoms with E-state index in [-0.39, 0.29) is 5.41 Å². The van der Waals surface area contributed by atoms with Crippen molar-refractivity contribution in [3.8, 4) is 0 Å². The molecule has 0 aromatic carbocycles. The summed E-state index contributed by atoms with van der Waals surface area (Å²) in [5.41, 5.74) is 0.990. The monoisotopic (exact) mass is 214 g/mol. The molecule has 0 spiro atoms. The fraction of sp³-hybridized carbons (Fsp3) is 0.727. The molecule has 1 N–H and O–H groups in total. The topological polar surface area (TPSA) is 55.8 Å². The lowest BCUT2D eigenvalue weighted by Crippen LogP contribution is -2.38. The van der Waals surface area contributed by atoms with Crippen molar-refractivity contribution in [2.24, 2.45) is 5.41 Å². The first-order valence-electron chi connectivity index (χ1n) is 5.10. The third-order valence-corrected chi connectivity index (χ3v) is 3.28. The maximum Gasteiger partial charge on any atom is 0.331 e. The van der Waals surface area contributed by atoms with Gasteiger partial charge in [-0.15, -0.1) is 0 Å². The van der Waals surface area contributed by atoms with Crippen LogP contribution in [0.5, 0.6) is 0 Å². The molecule has 1 fully saturated rings. The zero-order chi connectivity index (χ0) is 11.5. The average molecular weight is 214 g/mol. The van der Waals surface area contributed by atoms with E-state index in [0.29, 0.717) is 25.6 Å². The van der Waals surface area contributed by atoms with E-state index < -0.39 is 5.97 Å². The van der Waals surface area contributed by atoms with Crippen molar-refractivity contribution in [1.82, 2.24) is 0 Å². The zero-order valence-electron chi connectivity index (χ0n) is 9.50. The first-order valence-corrected chi connectivity index (χ1v) is 5.10. The predicted octanol–water partition coefficient (Wildman–Crippen LogP) is 1.81. The molecule has 1 rings (SSSR count). The quantitative estimate of drug-likeness (QED) is 0.728. The molecule has 0 unspecified atom stereocenters. The molecule has 0 atom stereocenters. The largest absolute Gasteiger partial charge is 0.478 e. The van der Waals surface area contributed by atoms with Crippen LogP contribution in [-0.4, -0.2) is 31.1 Å². The predicted molar refractivity (Wildman–Crippen MR) is 55.5 cm³/mol. The SMILES string of the molecule is CCC1(C(C)=C(C)C(=O)O)COCOC1. The Labute approximate surface area is 89.9 Å². The minimum Gasteiger partial charge on any atom is -0.478 e. The highest BCUT2D eigenvalue weighted by Crippen LogP contribution is 2.36. The molecule has 1 aliphatic heterocycles. The zero-order valence-corrected chi connectivity index (χ0v) is 9.50. The van der Waals surface area contributed by atoms with Gasteiger partial charge in [0.25, 0.3) is 0 Å². The molecular formula is C11H18O4. The van der Waals surface area contributed by atoms with Gasteiger partial charge in [0.1, 0.15) is 6.79 Å². The van der Waals surface area contributed by atoms with Crippen LogP contribution in [0.15, 0.2) is 11.1 Å². The molecule has 15 heavy (non-hydrogen) atoms. The fourth-order valence-electron chi connectivity index (χ4n) is 1.82. The molecule has 1 saturated heterocycles. The molecule has 0 aliphatic carbocycles. The minimum absolute atomic E-state index is 0.263. The maximum absolute atomic E-state index is 10.9. The van der Waals surface area contributed by atoms with Gasteiger partial charge < -0.3 is 14.6 Å². The third kappa shape index (κ3) is 2.38. The summed E-state index contributed by atoms with van der Waals surface area (Å²) in [7, 11) is 0. The van der Waals surface area contributed by atoms with Gasteiger partial charge in [0, 0.05) is 11.0 Å². The van der Waals surface area contributed by atoms with E-state index in [0.717, 1.165) is 12.0 Å². The van der Waals surface area contributed by atoms with Crippen LogP contribution in [0.1, 0.15) is 27.2 Å². The summed E-state index contributed by atoms with van der Waals surface area (Å²) < 4.78 is 10.6. The molecule has 0 aromatic heterocycles. The summed E-state index contributed by atoms with van der Waals surface area (Å²) in [6.07, 6.45) is 0.823. The summed E-state index contributed by atoms with van der Waals surface area (Å²) in [5, 5.41) is 8.95. The molecule has 4 heteroatoms. The Balaban J connectivity index is 2.99. The summed E-state index contributed by atoms with van der Waals surface area (Å²) >= 11 is 0. The van der Waals surface area contributed by atoms with Gasteiger partial charge in [-0.3, -0.25) is 0 Å². The Morgan fingerprint density at radius 2 is 1.87 bits per heavy atom. The lowest BCUT2D eigenvalue weighted by molar-refractivity contribution is -0.154. The normalized spacial score (nSPS) is 22.1. The third-order valence-electron chi connectivity index (χ3n) is 3.28. The molecule has 86 valence electrons. The number of carboxylic acid groups (broad SMARTS) is 1. The molecule has 0 radical (unpaired) electrons. The Hall–Kier alpha value is -0.870. The average Bonchev–Trinajstić information content (AvgIpc) is 2.27. The number of carboxylic acids is 1. The van der Waals surface area contributed by atoms with Crippen molar-refractivity contribution in [3.05, 3.63) is 11.1 Å². The molecule has 0 aromatic rings. The van der Waals surface area contributed by atoms with Gasteiger partial charge in [-0.25, -0.2) is 4.79 Å². The van der Waals surface area contributed by atoms with Gasteiger partial charge in [0.05, 0.1) is 13.2 Å². The van der Waals surface area contributed by atoms with E-state index >= 15 is 0 Å². The molecule has 0 amide bonds. The lowest BCUT2D eigenvalue weighted by Gasteiger charge is -2.37. The number of carbonyl (C=O) groups is 1. The van der Waals surface area contributed by atoms with Crippen molar-refractivity contribution in [1.29, 1.82) is 0 Å². The van der Waals surface area contributed by atoms with Crippen molar-refractivity contribution < 1.29 is 19.4 Å². The van der Waals surface area contributed by atoms with E-state index in [4.69, 9.17) is 14.6 Å². The number of rotatable bonds is 3. The van der Waals surface area contributed by atoms with Crippen molar-refractivity contribution in [2.75, 3.05) is 20.0 Å². The first kappa shape index (κ1) is 12.2. The van der Waals surface area contributed by atoms with Crippen LogP contribution < -0.4 is 0 Å². The standard InChI is InChI=1S/C11H18O4/c1-4-11(5-14-7-15-6-11)9(3)8(2)10(12)13/h4-7H2,1-3H3,(H,12,13). The Bertz CT molecular complexity index is 274. The fourth-order valence-corrected chi connectivity index (χ4v) is 1.82. The van der Waals surface area contributed by atoms with Gasteiger partial charge in [-0.2, -0.15) is 0 Å². The second-order valence-electron chi connectivity index (χ2n) is 4.00. The van der Waals surface area contributed by atoms with E-state index in [1.807, 2.05) is 13.8 Å². The van der Waals surface area contributed by atoms with Crippen LogP contribution in [0.2, 0.25) is 0 Å². The van der Waals surface area contributed by atoms with E-state index in [2.05, 4.69) is 0 Å². The molecule has 1 aliphatic rings. The maximum atomic E-state index is 10.9. The van der Waals surface area contributed by atoms with Crippen LogP contribution in [0.25, 0.3) is 0 Å². The van der Waals surface area contributed by atoms with Crippen molar-refractivity contribution in [2.45, 2.75) is 27.2 Å². The smallest absolute Gasteiger partial charge is 0.331 e. The summed E-state index contributed by atoms with van der Waals surface area (Å²) in [6, 6.07) is 0. The Morgan fingerprint density at radius 3 is 2.27 bits per heavy atom. The van der Waals surface area contributed by atoms with Gasteiger partial charge in [0.15, 0.2) is 0 Å². The van der Waals surface area contributed by atoms with Gasteiger partial charge in [0.2, 0.25) is 0 Å². The number of ether oxygens (including phenoxy) is 2. The van der Waals surface area contributed by atoms with Gasteiger partial charge in [-0.05, 0) is 20.3 Å². The number of hydrogen-bond acceptors (Lipinski definition) is 3. The van der Waals surface area contributed by atoms with E-state index in [1.165, 1.54) is 0 Å². The second kappa shape index (κ2) is 4.77. The molecular weight excluding hydrogens is 196 g/mol. The van der Waals surface area contributed by atoms with Crippen LogP contribution in [0.3, 0.4) is 0 Å². The van der Waals surface area contributed by atoms with E-state index in [1.54, 1.807) is 6.92 Å². The summed E-state index contributed by atoms with van der Waals surface area (Å²) in [6.45, 7) is 6.90. The van der Waals surface area contributed by atoms with Crippen LogP contribution in [0, 0.1) is 5.41 Å². The number of aliphatic carboxylic acids is 1. The Morgan fingerprint density at radius 1 is 1.33 bits per heavy atom. The number of hydrogen-bond donors (Lipinski definition) is 1. The van der Waals surface area contributed by atoms with Crippen LogP contribution >= 0.6 is 0 Å². The first-order chi connectivity index (χ1) is 7.03. The summed E-state index contributed by atoms with van der Waals surface area (Å²) in [4.78, 5) is 10.9. The second-order valence-corrected chi connectivity index (χ2v) is 4.00. The Kier molecular flexibility index (Phi) is 3.88. The van der Waals surface area contributed by atoms with Gasteiger partial charge >= 0.3 is 5.97 Å². The highest BCUT2D eigenvalue weighted by molar-refractivity contribution is 5.87. The highest BCUT2D eigenvalue weighted by Gasteiger charge is 2.35. The van der Waals surface area contributed by atoms with Crippen LogP contribution in [-0.2, 0) is 14.3 Å². The lowest BCUT2D eigenvalue weighted by atomic mass is 9.77. The minimum atomic E-state index is -0.870. The van der Waals surface area contributed by atoms with Gasteiger partial charge in [-0.1, -0.05) is 12.5 Å². The van der Waals surface area contributed by atoms with E-state index in [9.17, 15) is 4.79 Å². The highest BCUT2D eigenvalue weighted by atomic mass is 16.7. The van der Waals surface area contributed by atoms with Crippen LogP contribution in [0.4, 0.5) is 0 Å². The summed E-state index contributed by atoms with van der Waals surface area (Å²) in [5.74, 6) is -0.870. The van der Waals surface area contributed by atoms with Crippen molar-refractivity contribution in [3.63, 3.8) is 0 Å². The molecule has 0 saturated carbocycles. The van der Waals surface area contributed by atoms with Crippen molar-refractivity contribution >= 4 is 5.97 Å². The molecule has 4 nitrogen and oxygen atoms in total.